The number of nitro groups is 1. The lowest BCUT2D eigenvalue weighted by atomic mass is 9.68. The van der Waals surface area contributed by atoms with Gasteiger partial charge in [-0.3, -0.25) is 24.6 Å². The highest BCUT2D eigenvalue weighted by molar-refractivity contribution is 5.83. The van der Waals surface area contributed by atoms with Crippen molar-refractivity contribution in [3.05, 3.63) is 34.4 Å². The Morgan fingerprint density at radius 1 is 0.971 bits per heavy atom. The Balaban J connectivity index is 1.22. The second-order valence-electron chi connectivity index (χ2n) is 22.6. The minimum atomic E-state index is -1.83. The number of ether oxygens (including phenoxy) is 5. The van der Waals surface area contributed by atoms with Crippen molar-refractivity contribution >= 4 is 23.3 Å². The van der Waals surface area contributed by atoms with Gasteiger partial charge in [-0.15, -0.1) is 0 Å². The number of cyclic esters (lactones) is 1. The number of carbonyl (C=O) groups excluding carboxylic acids is 2. The number of aliphatic hydroxyl groups excluding tert-OH is 3. The van der Waals surface area contributed by atoms with Gasteiger partial charge in [-0.05, 0) is 111 Å². The number of nitrogens with zero attached hydrogens (tertiary/aromatic N) is 4. The molecule has 1 aromatic carbocycles. The van der Waals surface area contributed by atoms with Crippen LogP contribution in [0.5, 0.6) is 0 Å². The number of benzene rings is 1. The molecule has 1 amide bonds. The molecule has 0 radical (unpaired) electrons. The van der Waals surface area contributed by atoms with Gasteiger partial charge < -0.3 is 64.3 Å². The molecule has 5 fully saturated rings. The van der Waals surface area contributed by atoms with Crippen molar-refractivity contribution in [2.45, 2.75) is 179 Å². The molecule has 19 heteroatoms. The number of methoxy groups -OCH3 is 1. The topological polar surface area (TPSA) is 246 Å². The van der Waals surface area contributed by atoms with Gasteiger partial charge >= 0.3 is 5.97 Å². The first-order valence-corrected chi connectivity index (χ1v) is 25.6. The average molecular weight is 992 g/mol. The highest BCUT2D eigenvalue weighted by Crippen LogP contribution is 2.53. The van der Waals surface area contributed by atoms with Crippen LogP contribution in [0.1, 0.15) is 94.9 Å². The molecular weight excluding hydrogens is 907 g/mol. The van der Waals surface area contributed by atoms with Gasteiger partial charge in [-0.2, -0.15) is 0 Å². The molecule has 1 saturated carbocycles. The fourth-order valence-electron chi connectivity index (χ4n) is 12.8. The summed E-state index contributed by atoms with van der Waals surface area (Å²) in [6.07, 6.45) is -7.64. The Morgan fingerprint density at radius 3 is 2.19 bits per heavy atom. The molecule has 0 bridgehead atoms. The van der Waals surface area contributed by atoms with Crippen molar-refractivity contribution in [3.8, 4) is 0 Å². The first kappa shape index (κ1) is 56.2. The monoisotopic (exact) mass is 992 g/mol. The second kappa shape index (κ2) is 22.2. The summed E-state index contributed by atoms with van der Waals surface area (Å²) in [4.78, 5) is 44.7. The van der Waals surface area contributed by atoms with Crippen molar-refractivity contribution in [1.82, 2.24) is 15.1 Å². The summed E-state index contributed by atoms with van der Waals surface area (Å²) >= 11 is 0. The van der Waals surface area contributed by atoms with Gasteiger partial charge in [-0.1, -0.05) is 27.7 Å². The SMILES string of the molecule is CC[C@H]1OC(=O)[C@H](C)[C@@H](C2C[C@@](C)(OC)[C@@H](O)[C@H](C)O2)[C@H](C)[C@@H](O[C@@H]2O[C@H](C)C[C@H](N(C)CCNC(=O)C3[C@H]4CN(c5ccc([N+](=O)[O-])cc5)C[C@@H]34)[C@H]2O)[C@](C)(O)C[C@@H](C)CN(C)[C@H](C)[C@@H](O)[C@]1(C)O. The number of nitrogens with one attached hydrogen (secondary N) is 1. The molecule has 70 heavy (non-hydrogen) atoms. The van der Waals surface area contributed by atoms with E-state index in [1.807, 2.05) is 44.7 Å². The highest BCUT2D eigenvalue weighted by Gasteiger charge is 2.60. The molecule has 5 aliphatic rings. The van der Waals surface area contributed by atoms with Crippen LogP contribution in [-0.4, -0.2) is 190 Å². The Hall–Kier alpha value is -3.08. The summed E-state index contributed by atoms with van der Waals surface area (Å²) < 4.78 is 32.1. The second-order valence-corrected chi connectivity index (χ2v) is 22.6. The van der Waals surface area contributed by atoms with E-state index >= 15 is 0 Å². The number of aliphatic hydroxyl groups is 5. The van der Waals surface area contributed by atoms with Crippen LogP contribution < -0.4 is 10.2 Å². The molecule has 398 valence electrons. The number of rotatable bonds is 12. The van der Waals surface area contributed by atoms with E-state index < -0.39 is 107 Å². The Bertz CT molecular complexity index is 1930. The van der Waals surface area contributed by atoms with Crippen molar-refractivity contribution in [1.29, 1.82) is 0 Å². The van der Waals surface area contributed by atoms with Gasteiger partial charge in [0.25, 0.3) is 5.69 Å². The van der Waals surface area contributed by atoms with E-state index in [1.54, 1.807) is 53.7 Å². The maximum Gasteiger partial charge on any atom is 0.309 e. The molecule has 4 heterocycles. The van der Waals surface area contributed by atoms with E-state index in [2.05, 4.69) is 10.2 Å². The van der Waals surface area contributed by atoms with E-state index in [0.717, 1.165) is 5.69 Å². The molecule has 6 N–H and O–H groups in total. The zero-order chi connectivity index (χ0) is 51.9. The van der Waals surface area contributed by atoms with Crippen LogP contribution in [-0.2, 0) is 33.3 Å². The first-order valence-electron chi connectivity index (χ1n) is 25.6. The maximum absolute atomic E-state index is 14.6. The molecule has 1 aliphatic carbocycles. The van der Waals surface area contributed by atoms with Crippen LogP contribution in [0.15, 0.2) is 24.3 Å². The molecule has 6 rings (SSSR count). The van der Waals surface area contributed by atoms with Gasteiger partial charge in [0.05, 0.1) is 46.5 Å². The van der Waals surface area contributed by atoms with Gasteiger partial charge in [0, 0.05) is 88.0 Å². The van der Waals surface area contributed by atoms with Crippen molar-refractivity contribution in [2.75, 3.05) is 58.8 Å². The molecule has 21 atom stereocenters. The smallest absolute Gasteiger partial charge is 0.309 e. The molecule has 1 aromatic rings. The summed E-state index contributed by atoms with van der Waals surface area (Å²) in [5.41, 5.74) is -3.56. The fraction of sp³-hybridized carbons (Fsp3) is 0.843. The standard InChI is InChI=1S/C51H85N5O14/c1-14-39-51(10,63)43(58)31(6)54(12)24-27(2)22-49(8,62)45(29(4)40(30(5)47(61)69-39)38-23-50(9,66-13)44(59)32(7)68-38)70-48-42(57)37(21-28(3)67-48)53(11)20-19-52-46(60)41-35-25-55(26-36(35)41)33-15-17-34(18-16-33)56(64)65/h15-18,27-32,35-45,48,57-59,62-63H,14,19-26H2,1-13H3,(H,52,60)/t27-,28-,29+,30-,31-,32+,35-,36+,37+,38?,39-,40+,41?,42-,43-,44+,45-,48+,49-,50-,51-/m1/s1. The summed E-state index contributed by atoms with van der Waals surface area (Å²) in [5.74, 6) is -2.93. The average Bonchev–Trinajstić information content (AvgIpc) is 3.80. The quantitative estimate of drug-likeness (QED) is 0.100. The Labute approximate surface area is 414 Å². The third kappa shape index (κ3) is 11.8. The van der Waals surface area contributed by atoms with Gasteiger partial charge in [-0.25, -0.2) is 0 Å². The number of fused-ring (bicyclic) bond motifs is 1. The zero-order valence-corrected chi connectivity index (χ0v) is 43.8. The number of carbonyl (C=O) groups is 2. The lowest BCUT2D eigenvalue weighted by molar-refractivity contribution is -0.384. The molecule has 2 unspecified atom stereocenters. The van der Waals surface area contributed by atoms with E-state index in [9.17, 15) is 45.2 Å². The zero-order valence-electron chi connectivity index (χ0n) is 43.8. The number of anilines is 1. The van der Waals surface area contributed by atoms with E-state index in [1.165, 1.54) is 26.2 Å². The number of non-ortho nitro benzene ring substituents is 1. The molecule has 19 nitrogen and oxygen atoms in total. The van der Waals surface area contributed by atoms with Crippen LogP contribution in [0.2, 0.25) is 0 Å². The van der Waals surface area contributed by atoms with Crippen LogP contribution in [0, 0.1) is 51.5 Å². The first-order chi connectivity index (χ1) is 32.7. The summed E-state index contributed by atoms with van der Waals surface area (Å²) in [7, 11) is 5.24. The lowest BCUT2D eigenvalue weighted by Gasteiger charge is -2.51. The fourth-order valence-corrected chi connectivity index (χ4v) is 12.8. The predicted octanol–water partition coefficient (Wildman–Crippen LogP) is 2.95. The number of esters is 1. The number of amides is 1. The molecule has 0 aromatic heterocycles. The summed E-state index contributed by atoms with van der Waals surface area (Å²) in [6.45, 7) is 20.4. The predicted molar refractivity (Wildman–Crippen MR) is 261 cm³/mol. The largest absolute Gasteiger partial charge is 0.459 e. The van der Waals surface area contributed by atoms with Crippen molar-refractivity contribution < 1.29 is 63.7 Å². The van der Waals surface area contributed by atoms with Crippen LogP contribution in [0.4, 0.5) is 11.4 Å². The molecule has 4 aliphatic heterocycles. The third-order valence-corrected chi connectivity index (χ3v) is 17.1. The number of piperidine rings is 1. The van der Waals surface area contributed by atoms with Gasteiger partial charge in [0.1, 0.15) is 30.0 Å². The number of likely N-dealkylation sites (N-methyl/N-ethyl adjacent to an activating group) is 2. The minimum Gasteiger partial charge on any atom is -0.459 e. The van der Waals surface area contributed by atoms with E-state index in [0.29, 0.717) is 39.1 Å². The van der Waals surface area contributed by atoms with E-state index in [-0.39, 0.29) is 60.6 Å². The minimum absolute atomic E-state index is 0.0134. The summed E-state index contributed by atoms with van der Waals surface area (Å²) in [5, 5.41) is 74.2. The van der Waals surface area contributed by atoms with Crippen LogP contribution in [0.3, 0.4) is 0 Å². The molecular formula is C51H85N5O14. The third-order valence-electron chi connectivity index (χ3n) is 17.1. The van der Waals surface area contributed by atoms with Gasteiger partial charge in [0.2, 0.25) is 5.91 Å². The Kier molecular flexibility index (Phi) is 17.8. The normalized spacial score (nSPS) is 44.5. The van der Waals surface area contributed by atoms with Crippen LogP contribution >= 0.6 is 0 Å². The maximum atomic E-state index is 14.6. The van der Waals surface area contributed by atoms with Gasteiger partial charge in [0.15, 0.2) is 6.29 Å². The number of nitro benzene ring substituents is 1. The summed E-state index contributed by atoms with van der Waals surface area (Å²) in [6, 6.07) is 5.45. The van der Waals surface area contributed by atoms with E-state index in [4.69, 9.17) is 23.7 Å². The van der Waals surface area contributed by atoms with Crippen molar-refractivity contribution in [2.24, 2.45) is 41.4 Å². The van der Waals surface area contributed by atoms with Crippen molar-refractivity contribution in [3.63, 3.8) is 0 Å². The van der Waals surface area contributed by atoms with Crippen LogP contribution in [0.25, 0.3) is 0 Å². The Morgan fingerprint density at radius 2 is 1.60 bits per heavy atom. The molecule has 0 spiro atoms. The highest BCUT2D eigenvalue weighted by atomic mass is 16.7. The lowest BCUT2D eigenvalue weighted by Crippen LogP contribution is -2.62. The molecule has 4 saturated heterocycles. The number of hydrogen-bond acceptors (Lipinski definition) is 17. The number of hydrogen-bond donors (Lipinski definition) is 6.